The summed E-state index contributed by atoms with van der Waals surface area (Å²) >= 11 is 0. The lowest BCUT2D eigenvalue weighted by molar-refractivity contribution is -0.130. The average molecular weight is 237 g/mol. The first-order chi connectivity index (χ1) is 8.18. The summed E-state index contributed by atoms with van der Waals surface area (Å²) in [7, 11) is 0. The number of rotatable bonds is 5. The van der Waals surface area contributed by atoms with E-state index in [1.54, 1.807) is 0 Å². The van der Waals surface area contributed by atoms with Crippen LogP contribution >= 0.6 is 0 Å². The van der Waals surface area contributed by atoms with E-state index in [1.165, 1.54) is 32.1 Å². The van der Waals surface area contributed by atoms with Gasteiger partial charge in [-0.1, -0.05) is 32.6 Å². The summed E-state index contributed by atoms with van der Waals surface area (Å²) in [6, 6.07) is 0.338. The molecule has 2 aliphatic carbocycles. The quantitative estimate of drug-likeness (QED) is 0.744. The minimum atomic E-state index is 0.324. The van der Waals surface area contributed by atoms with Crippen LogP contribution in [0.4, 0.5) is 0 Å². The topological polar surface area (TPSA) is 43.1 Å². The van der Waals surface area contributed by atoms with Crippen LogP contribution in [0.1, 0.15) is 71.1 Å². The Hall–Kier alpha value is -0.370. The van der Waals surface area contributed by atoms with Crippen molar-refractivity contribution in [3.8, 4) is 0 Å². The molecule has 0 heterocycles. The Morgan fingerprint density at radius 1 is 1.41 bits per heavy atom. The highest BCUT2D eigenvalue weighted by Gasteiger charge is 2.45. The molecule has 2 heteroatoms. The fourth-order valence-electron chi connectivity index (χ4n) is 3.92. The van der Waals surface area contributed by atoms with Crippen LogP contribution in [0.2, 0.25) is 0 Å². The van der Waals surface area contributed by atoms with Gasteiger partial charge in [0.15, 0.2) is 0 Å². The summed E-state index contributed by atoms with van der Waals surface area (Å²) in [6.45, 7) is 2.24. The maximum atomic E-state index is 11.8. The van der Waals surface area contributed by atoms with Crippen molar-refractivity contribution in [3.05, 3.63) is 0 Å². The van der Waals surface area contributed by atoms with Crippen molar-refractivity contribution in [3.63, 3.8) is 0 Å². The molecule has 2 aliphatic rings. The van der Waals surface area contributed by atoms with E-state index in [4.69, 9.17) is 5.73 Å². The molecule has 2 bridgehead atoms. The summed E-state index contributed by atoms with van der Waals surface area (Å²) in [5.74, 6) is 0.871. The summed E-state index contributed by atoms with van der Waals surface area (Å²) in [6.07, 6.45) is 11.6. The Morgan fingerprint density at radius 2 is 2.24 bits per heavy atom. The van der Waals surface area contributed by atoms with Crippen LogP contribution < -0.4 is 5.73 Å². The third kappa shape index (κ3) is 2.73. The molecule has 0 aliphatic heterocycles. The number of unbranched alkanes of at least 4 members (excludes halogenated alkanes) is 2. The predicted octanol–water partition coefficient (Wildman–Crippen LogP) is 3.43. The van der Waals surface area contributed by atoms with Crippen LogP contribution in [0, 0.1) is 11.3 Å². The van der Waals surface area contributed by atoms with Crippen LogP contribution in [0.15, 0.2) is 0 Å². The summed E-state index contributed by atoms with van der Waals surface area (Å²) in [4.78, 5) is 11.8. The van der Waals surface area contributed by atoms with E-state index >= 15 is 0 Å². The molecular formula is C15H27NO. The Kier molecular flexibility index (Phi) is 4.24. The van der Waals surface area contributed by atoms with Crippen molar-refractivity contribution in [2.75, 3.05) is 0 Å². The minimum absolute atomic E-state index is 0.324. The number of nitrogens with two attached hydrogens (primary N) is 1. The second-order valence-electron chi connectivity index (χ2n) is 6.22. The van der Waals surface area contributed by atoms with Gasteiger partial charge in [0, 0.05) is 18.4 Å². The second kappa shape index (κ2) is 5.51. The lowest BCUT2D eigenvalue weighted by Crippen LogP contribution is -2.49. The second-order valence-corrected chi connectivity index (χ2v) is 6.22. The number of Topliss-reactive ketones (excluding diaryl/α,β-unsaturated/α-hetero) is 1. The van der Waals surface area contributed by atoms with Crippen LogP contribution in [0.3, 0.4) is 0 Å². The molecule has 98 valence electrons. The smallest absolute Gasteiger partial charge is 0.136 e. The highest BCUT2D eigenvalue weighted by atomic mass is 16.1. The molecule has 0 amide bonds. The zero-order valence-corrected chi connectivity index (χ0v) is 11.2. The third-order valence-corrected chi connectivity index (χ3v) is 5.11. The number of fused-ring (bicyclic) bond motifs is 2. The first-order valence-electron chi connectivity index (χ1n) is 7.46. The van der Waals surface area contributed by atoms with Gasteiger partial charge in [-0.05, 0) is 37.5 Å². The van der Waals surface area contributed by atoms with Crippen LogP contribution in [0.5, 0.6) is 0 Å². The fourth-order valence-corrected chi connectivity index (χ4v) is 3.92. The number of carbonyl (C=O) groups is 1. The van der Waals surface area contributed by atoms with Gasteiger partial charge in [0.05, 0.1) is 0 Å². The van der Waals surface area contributed by atoms with Crippen LogP contribution in [-0.2, 0) is 4.79 Å². The molecule has 0 radical (unpaired) electrons. The predicted molar refractivity (Wildman–Crippen MR) is 70.7 cm³/mol. The van der Waals surface area contributed by atoms with Crippen molar-refractivity contribution >= 4 is 5.78 Å². The normalized spacial score (nSPS) is 34.7. The number of ketones is 1. The maximum absolute atomic E-state index is 11.8. The monoisotopic (exact) mass is 237 g/mol. The Labute approximate surface area is 105 Å². The molecule has 0 aromatic heterocycles. The molecule has 0 aromatic carbocycles. The van der Waals surface area contributed by atoms with Crippen molar-refractivity contribution in [2.45, 2.75) is 77.2 Å². The zero-order valence-electron chi connectivity index (χ0n) is 11.2. The van der Waals surface area contributed by atoms with Gasteiger partial charge in [0.25, 0.3) is 0 Å². The molecule has 2 rings (SSSR count). The van der Waals surface area contributed by atoms with Crippen LogP contribution in [-0.4, -0.2) is 11.8 Å². The Bertz CT molecular complexity index is 276. The van der Waals surface area contributed by atoms with Crippen molar-refractivity contribution in [1.29, 1.82) is 0 Å². The molecule has 2 fully saturated rings. The molecule has 0 saturated heterocycles. The molecule has 17 heavy (non-hydrogen) atoms. The van der Waals surface area contributed by atoms with E-state index in [0.29, 0.717) is 23.2 Å². The van der Waals surface area contributed by atoms with E-state index in [2.05, 4.69) is 6.92 Å². The van der Waals surface area contributed by atoms with E-state index < -0.39 is 0 Å². The van der Waals surface area contributed by atoms with Gasteiger partial charge in [0.2, 0.25) is 0 Å². The lowest BCUT2D eigenvalue weighted by Gasteiger charge is -2.48. The summed E-state index contributed by atoms with van der Waals surface area (Å²) in [5, 5.41) is 0. The van der Waals surface area contributed by atoms with Crippen molar-refractivity contribution < 1.29 is 4.79 Å². The zero-order chi connectivity index (χ0) is 12.3. The van der Waals surface area contributed by atoms with E-state index in [-0.39, 0.29) is 0 Å². The molecule has 0 spiro atoms. The molecule has 3 unspecified atom stereocenters. The highest BCUT2D eigenvalue weighted by Crippen LogP contribution is 2.50. The van der Waals surface area contributed by atoms with Gasteiger partial charge in [0.1, 0.15) is 5.78 Å². The number of hydrogen-bond donors (Lipinski definition) is 1. The molecule has 2 saturated carbocycles. The first-order valence-corrected chi connectivity index (χ1v) is 7.46. The molecule has 2 N–H and O–H groups in total. The van der Waals surface area contributed by atoms with E-state index in [9.17, 15) is 4.79 Å². The van der Waals surface area contributed by atoms with Gasteiger partial charge < -0.3 is 5.73 Å². The molecule has 2 nitrogen and oxygen atoms in total. The number of hydrogen-bond acceptors (Lipinski definition) is 2. The molecular weight excluding hydrogens is 210 g/mol. The third-order valence-electron chi connectivity index (χ3n) is 5.11. The standard InChI is InChI=1S/C15H27NO/c1-2-3-4-7-14(16)15-9-5-6-12(11-15)13(17)8-10-15/h12,14H,2-11,16H2,1H3. The fraction of sp³-hybridized carbons (Fsp3) is 0.933. The summed E-state index contributed by atoms with van der Waals surface area (Å²) in [5.41, 5.74) is 6.79. The van der Waals surface area contributed by atoms with Crippen LogP contribution in [0.25, 0.3) is 0 Å². The number of carbonyl (C=O) groups excluding carboxylic acids is 1. The molecule has 3 atom stereocenters. The average Bonchev–Trinajstić information content (AvgIpc) is 2.35. The Balaban J connectivity index is 1.95. The van der Waals surface area contributed by atoms with Gasteiger partial charge in [-0.2, -0.15) is 0 Å². The van der Waals surface area contributed by atoms with Crippen molar-refractivity contribution in [2.24, 2.45) is 17.1 Å². The molecule has 0 aromatic rings. The first kappa shape index (κ1) is 13.1. The maximum Gasteiger partial charge on any atom is 0.136 e. The lowest BCUT2D eigenvalue weighted by atomic mass is 9.58. The van der Waals surface area contributed by atoms with Gasteiger partial charge >= 0.3 is 0 Å². The Morgan fingerprint density at radius 3 is 3.00 bits per heavy atom. The van der Waals surface area contributed by atoms with E-state index in [1.807, 2.05) is 0 Å². The van der Waals surface area contributed by atoms with Gasteiger partial charge in [-0.25, -0.2) is 0 Å². The van der Waals surface area contributed by atoms with Gasteiger partial charge in [-0.15, -0.1) is 0 Å². The summed E-state index contributed by atoms with van der Waals surface area (Å²) < 4.78 is 0. The van der Waals surface area contributed by atoms with E-state index in [0.717, 1.165) is 32.1 Å². The largest absolute Gasteiger partial charge is 0.327 e. The van der Waals surface area contributed by atoms with Crippen molar-refractivity contribution in [1.82, 2.24) is 0 Å². The highest BCUT2D eigenvalue weighted by molar-refractivity contribution is 5.82. The minimum Gasteiger partial charge on any atom is -0.327 e. The van der Waals surface area contributed by atoms with Gasteiger partial charge in [-0.3, -0.25) is 4.79 Å². The SMILES string of the molecule is CCCCCC(N)C12CCCC(C1)C(=O)CC2.